The summed E-state index contributed by atoms with van der Waals surface area (Å²) < 4.78 is 5.50. The predicted octanol–water partition coefficient (Wildman–Crippen LogP) is 1.19. The Balaban J connectivity index is 1.87. The van der Waals surface area contributed by atoms with Crippen molar-refractivity contribution >= 4 is 5.91 Å². The predicted molar refractivity (Wildman–Crippen MR) is 73.2 cm³/mol. The number of ether oxygens (including phenoxy) is 1. The lowest BCUT2D eigenvalue weighted by molar-refractivity contribution is -0.0124. The molecule has 2 aliphatic rings. The Bertz CT molecular complexity index is 487. The Morgan fingerprint density at radius 2 is 2.37 bits per heavy atom. The lowest BCUT2D eigenvalue weighted by Crippen LogP contribution is -2.45. The van der Waals surface area contributed by atoms with E-state index >= 15 is 0 Å². The molecule has 1 aromatic carbocycles. The van der Waals surface area contributed by atoms with E-state index in [1.54, 1.807) is 0 Å². The van der Waals surface area contributed by atoms with Gasteiger partial charge in [0.1, 0.15) is 0 Å². The van der Waals surface area contributed by atoms with Crippen LogP contribution in [0.2, 0.25) is 0 Å². The monoisotopic (exact) mass is 260 g/mol. The Morgan fingerprint density at radius 1 is 1.47 bits per heavy atom. The van der Waals surface area contributed by atoms with E-state index in [1.165, 1.54) is 11.1 Å². The molecule has 0 spiro atoms. The third-order valence-corrected chi connectivity index (χ3v) is 3.90. The summed E-state index contributed by atoms with van der Waals surface area (Å²) in [5.74, 6) is 0.161. The normalized spacial score (nSPS) is 23.0. The van der Waals surface area contributed by atoms with Crippen LogP contribution in [0.5, 0.6) is 0 Å². The van der Waals surface area contributed by atoms with Gasteiger partial charge < -0.3 is 15.0 Å². The maximum absolute atomic E-state index is 12.7. The summed E-state index contributed by atoms with van der Waals surface area (Å²) in [6.45, 7) is 5.88. The summed E-state index contributed by atoms with van der Waals surface area (Å²) in [4.78, 5) is 14.6. The van der Waals surface area contributed by atoms with Gasteiger partial charge in [-0.1, -0.05) is 12.1 Å². The van der Waals surface area contributed by atoms with Crippen molar-refractivity contribution in [2.45, 2.75) is 26.0 Å². The van der Waals surface area contributed by atoms with Gasteiger partial charge in [0.2, 0.25) is 0 Å². The maximum atomic E-state index is 12.7. The molecule has 1 fully saturated rings. The molecule has 1 aromatic rings. The third kappa shape index (κ3) is 2.51. The number of amides is 1. The fourth-order valence-corrected chi connectivity index (χ4v) is 2.91. The fraction of sp³-hybridized carbons (Fsp3) is 0.533. The molecule has 0 aliphatic carbocycles. The molecule has 19 heavy (non-hydrogen) atoms. The molecule has 1 N–H and O–H groups in total. The number of rotatable bonds is 1. The van der Waals surface area contributed by atoms with Crippen molar-refractivity contribution < 1.29 is 9.53 Å². The molecule has 1 unspecified atom stereocenters. The van der Waals surface area contributed by atoms with Gasteiger partial charge in [0.25, 0.3) is 5.91 Å². The Hall–Kier alpha value is -1.39. The highest BCUT2D eigenvalue weighted by atomic mass is 16.5. The second kappa shape index (κ2) is 5.31. The first kappa shape index (κ1) is 12.6. The number of nitrogens with one attached hydrogen (secondary N) is 1. The molecule has 3 rings (SSSR count). The Kier molecular flexibility index (Phi) is 3.53. The molecule has 102 valence electrons. The summed E-state index contributed by atoms with van der Waals surface area (Å²) in [7, 11) is 0. The zero-order valence-corrected chi connectivity index (χ0v) is 11.3. The number of morpholine rings is 1. The van der Waals surface area contributed by atoms with E-state index < -0.39 is 0 Å². The zero-order valence-electron chi connectivity index (χ0n) is 11.3. The van der Waals surface area contributed by atoms with Crippen molar-refractivity contribution in [1.29, 1.82) is 0 Å². The van der Waals surface area contributed by atoms with Gasteiger partial charge in [-0.3, -0.25) is 4.79 Å². The van der Waals surface area contributed by atoms with E-state index in [0.29, 0.717) is 19.7 Å². The number of carbonyl (C=O) groups excluding carboxylic acids is 1. The minimum atomic E-state index is 0.138. The zero-order chi connectivity index (χ0) is 13.2. The molecule has 1 amide bonds. The number of hydrogen-bond donors (Lipinski definition) is 1. The van der Waals surface area contributed by atoms with Gasteiger partial charge in [-0.25, -0.2) is 0 Å². The van der Waals surface area contributed by atoms with Crippen molar-refractivity contribution in [3.8, 4) is 0 Å². The largest absolute Gasteiger partial charge is 0.375 e. The van der Waals surface area contributed by atoms with Gasteiger partial charge >= 0.3 is 0 Å². The Morgan fingerprint density at radius 3 is 3.21 bits per heavy atom. The van der Waals surface area contributed by atoms with E-state index in [2.05, 4.69) is 11.4 Å². The van der Waals surface area contributed by atoms with Crippen molar-refractivity contribution in [1.82, 2.24) is 10.2 Å². The highest BCUT2D eigenvalue weighted by Gasteiger charge is 2.25. The smallest absolute Gasteiger partial charge is 0.254 e. The van der Waals surface area contributed by atoms with E-state index in [9.17, 15) is 4.79 Å². The molecule has 0 aromatic heterocycles. The average molecular weight is 260 g/mol. The fourth-order valence-electron chi connectivity index (χ4n) is 2.91. The Labute approximate surface area is 113 Å². The third-order valence-electron chi connectivity index (χ3n) is 3.90. The number of benzene rings is 1. The van der Waals surface area contributed by atoms with Crippen LogP contribution in [-0.4, -0.2) is 43.2 Å². The lowest BCUT2D eigenvalue weighted by Gasteiger charge is -2.32. The van der Waals surface area contributed by atoms with Gasteiger partial charge in [0.15, 0.2) is 0 Å². The number of nitrogens with zero attached hydrogens (tertiary/aromatic N) is 1. The van der Waals surface area contributed by atoms with Crippen LogP contribution < -0.4 is 5.32 Å². The standard InChI is InChI=1S/C15H20N2O2/c1-11-10-17(7-8-19-11)15(18)14-4-2-3-12-9-16-6-5-13(12)14/h2-4,11,16H,5-10H2,1H3. The summed E-state index contributed by atoms with van der Waals surface area (Å²) in [6, 6.07) is 6.07. The maximum Gasteiger partial charge on any atom is 0.254 e. The van der Waals surface area contributed by atoms with E-state index in [1.807, 2.05) is 24.0 Å². The van der Waals surface area contributed by atoms with Crippen molar-refractivity contribution in [2.75, 3.05) is 26.2 Å². The second-order valence-corrected chi connectivity index (χ2v) is 5.30. The van der Waals surface area contributed by atoms with Crippen LogP contribution in [0.15, 0.2) is 18.2 Å². The molecule has 0 bridgehead atoms. The molecular formula is C15H20N2O2. The molecule has 4 nitrogen and oxygen atoms in total. The van der Waals surface area contributed by atoms with Crippen LogP contribution in [0.4, 0.5) is 0 Å². The first-order valence-electron chi connectivity index (χ1n) is 6.98. The van der Waals surface area contributed by atoms with Crippen LogP contribution in [0.3, 0.4) is 0 Å². The quantitative estimate of drug-likeness (QED) is 0.825. The molecule has 4 heteroatoms. The second-order valence-electron chi connectivity index (χ2n) is 5.30. The molecular weight excluding hydrogens is 240 g/mol. The molecule has 2 aliphatic heterocycles. The minimum absolute atomic E-state index is 0.138. The minimum Gasteiger partial charge on any atom is -0.375 e. The van der Waals surface area contributed by atoms with Gasteiger partial charge in [-0.05, 0) is 37.1 Å². The van der Waals surface area contributed by atoms with Crippen LogP contribution in [-0.2, 0) is 17.7 Å². The average Bonchev–Trinajstić information content (AvgIpc) is 2.46. The van der Waals surface area contributed by atoms with Crippen molar-refractivity contribution in [3.05, 3.63) is 34.9 Å². The topological polar surface area (TPSA) is 41.6 Å². The van der Waals surface area contributed by atoms with Gasteiger partial charge in [0.05, 0.1) is 12.7 Å². The molecule has 1 atom stereocenters. The van der Waals surface area contributed by atoms with Crippen LogP contribution >= 0.6 is 0 Å². The van der Waals surface area contributed by atoms with Gasteiger partial charge in [0, 0.05) is 25.2 Å². The molecule has 1 saturated heterocycles. The molecule has 0 saturated carbocycles. The summed E-state index contributed by atoms with van der Waals surface area (Å²) in [5, 5.41) is 3.35. The number of carbonyl (C=O) groups is 1. The highest BCUT2D eigenvalue weighted by molar-refractivity contribution is 5.96. The summed E-state index contributed by atoms with van der Waals surface area (Å²) in [5.41, 5.74) is 3.37. The first-order chi connectivity index (χ1) is 9.25. The highest BCUT2D eigenvalue weighted by Crippen LogP contribution is 2.21. The van der Waals surface area contributed by atoms with Gasteiger partial charge in [-0.15, -0.1) is 0 Å². The van der Waals surface area contributed by atoms with Crippen molar-refractivity contribution in [2.24, 2.45) is 0 Å². The lowest BCUT2D eigenvalue weighted by atomic mass is 9.94. The SMILES string of the molecule is CC1CN(C(=O)c2cccc3c2CCNC3)CCO1. The van der Waals surface area contributed by atoms with E-state index in [-0.39, 0.29) is 12.0 Å². The van der Waals surface area contributed by atoms with Crippen LogP contribution in [0, 0.1) is 0 Å². The molecule has 2 heterocycles. The first-order valence-corrected chi connectivity index (χ1v) is 6.98. The van der Waals surface area contributed by atoms with Gasteiger partial charge in [-0.2, -0.15) is 0 Å². The summed E-state index contributed by atoms with van der Waals surface area (Å²) in [6.07, 6.45) is 1.08. The number of fused-ring (bicyclic) bond motifs is 1. The van der Waals surface area contributed by atoms with E-state index in [0.717, 1.165) is 25.1 Å². The van der Waals surface area contributed by atoms with Crippen LogP contribution in [0.1, 0.15) is 28.4 Å². The van der Waals surface area contributed by atoms with Crippen LogP contribution in [0.25, 0.3) is 0 Å². The van der Waals surface area contributed by atoms with Crippen molar-refractivity contribution in [3.63, 3.8) is 0 Å². The molecule has 0 radical (unpaired) electrons. The van der Waals surface area contributed by atoms with E-state index in [4.69, 9.17) is 4.74 Å². The number of hydrogen-bond acceptors (Lipinski definition) is 3. The summed E-state index contributed by atoms with van der Waals surface area (Å²) >= 11 is 0.